The van der Waals surface area contributed by atoms with Gasteiger partial charge in [0.05, 0.1) is 0 Å². The highest BCUT2D eigenvalue weighted by Gasteiger charge is 2.49. The molecule has 0 aromatic carbocycles. The third-order valence-corrected chi connectivity index (χ3v) is 5.07. The normalized spacial score (nSPS) is 47.5. The molecule has 2 aliphatic rings. The molecule has 0 spiro atoms. The van der Waals surface area contributed by atoms with Crippen molar-refractivity contribution >= 4 is 0 Å². The second-order valence-electron chi connectivity index (χ2n) is 5.96. The van der Waals surface area contributed by atoms with Crippen LogP contribution in [0.4, 0.5) is 0 Å². The minimum absolute atomic E-state index is 0.601. The Balaban J connectivity index is 2.24. The van der Waals surface area contributed by atoms with Gasteiger partial charge in [0.2, 0.25) is 0 Å². The SMILES string of the molecule is C=C(C)[C@H]1CCC2[C@@H](C)CCC[C@@]21C. The van der Waals surface area contributed by atoms with Crippen molar-refractivity contribution in [3.05, 3.63) is 12.2 Å². The van der Waals surface area contributed by atoms with Crippen LogP contribution in [0.25, 0.3) is 0 Å². The van der Waals surface area contributed by atoms with Gasteiger partial charge < -0.3 is 0 Å². The first-order chi connectivity index (χ1) is 6.55. The molecule has 0 N–H and O–H groups in total. The Morgan fingerprint density at radius 3 is 2.64 bits per heavy atom. The molecule has 0 nitrogen and oxygen atoms in total. The number of allylic oxidation sites excluding steroid dienone is 1. The summed E-state index contributed by atoms with van der Waals surface area (Å²) in [5, 5.41) is 0. The smallest absolute Gasteiger partial charge is 0.0152 e. The van der Waals surface area contributed by atoms with Gasteiger partial charge in [-0.3, -0.25) is 0 Å². The second kappa shape index (κ2) is 3.40. The van der Waals surface area contributed by atoms with Crippen molar-refractivity contribution in [1.82, 2.24) is 0 Å². The Hall–Kier alpha value is -0.260. The van der Waals surface area contributed by atoms with E-state index in [-0.39, 0.29) is 0 Å². The van der Waals surface area contributed by atoms with Crippen molar-refractivity contribution in [3.63, 3.8) is 0 Å². The van der Waals surface area contributed by atoms with E-state index in [1.807, 2.05) is 0 Å². The maximum absolute atomic E-state index is 4.20. The lowest BCUT2D eigenvalue weighted by atomic mass is 9.61. The first-order valence-electron chi connectivity index (χ1n) is 6.21. The minimum Gasteiger partial charge on any atom is -0.0998 e. The van der Waals surface area contributed by atoms with E-state index in [4.69, 9.17) is 0 Å². The van der Waals surface area contributed by atoms with Crippen LogP contribution >= 0.6 is 0 Å². The Morgan fingerprint density at radius 1 is 1.29 bits per heavy atom. The van der Waals surface area contributed by atoms with E-state index in [2.05, 4.69) is 27.4 Å². The first-order valence-corrected chi connectivity index (χ1v) is 6.21. The highest BCUT2D eigenvalue weighted by Crippen LogP contribution is 2.58. The third-order valence-electron chi connectivity index (χ3n) is 5.07. The Morgan fingerprint density at radius 2 is 2.00 bits per heavy atom. The lowest BCUT2D eigenvalue weighted by Crippen LogP contribution is -2.36. The van der Waals surface area contributed by atoms with Gasteiger partial charge in [0, 0.05) is 0 Å². The Kier molecular flexibility index (Phi) is 2.49. The van der Waals surface area contributed by atoms with E-state index in [9.17, 15) is 0 Å². The maximum atomic E-state index is 4.20. The molecule has 0 aromatic heterocycles. The lowest BCUT2D eigenvalue weighted by Gasteiger charge is -2.44. The summed E-state index contributed by atoms with van der Waals surface area (Å²) in [4.78, 5) is 0. The van der Waals surface area contributed by atoms with Gasteiger partial charge in [0.25, 0.3) is 0 Å². The van der Waals surface area contributed by atoms with Crippen molar-refractivity contribution < 1.29 is 0 Å². The highest BCUT2D eigenvalue weighted by molar-refractivity contribution is 5.11. The van der Waals surface area contributed by atoms with E-state index in [1.54, 1.807) is 0 Å². The van der Waals surface area contributed by atoms with Gasteiger partial charge in [-0.2, -0.15) is 0 Å². The summed E-state index contributed by atoms with van der Waals surface area (Å²) in [6.45, 7) is 11.4. The van der Waals surface area contributed by atoms with Crippen molar-refractivity contribution in [2.75, 3.05) is 0 Å². The molecule has 0 bridgehead atoms. The summed E-state index contributed by atoms with van der Waals surface area (Å²) in [5.74, 6) is 2.76. The summed E-state index contributed by atoms with van der Waals surface area (Å²) in [5.41, 5.74) is 2.04. The van der Waals surface area contributed by atoms with Gasteiger partial charge in [-0.25, -0.2) is 0 Å². The van der Waals surface area contributed by atoms with Gasteiger partial charge in [-0.1, -0.05) is 38.8 Å². The van der Waals surface area contributed by atoms with Crippen LogP contribution in [0, 0.1) is 23.2 Å². The van der Waals surface area contributed by atoms with E-state index >= 15 is 0 Å². The predicted molar refractivity (Wildman–Crippen MR) is 62.2 cm³/mol. The molecule has 2 aliphatic carbocycles. The van der Waals surface area contributed by atoms with Crippen LogP contribution in [0.3, 0.4) is 0 Å². The van der Waals surface area contributed by atoms with Crippen LogP contribution in [-0.2, 0) is 0 Å². The molecule has 0 heteroatoms. The van der Waals surface area contributed by atoms with Gasteiger partial charge in [0.15, 0.2) is 0 Å². The molecule has 0 amide bonds. The minimum atomic E-state index is 0.601. The van der Waals surface area contributed by atoms with Crippen LogP contribution in [-0.4, -0.2) is 0 Å². The van der Waals surface area contributed by atoms with E-state index in [0.717, 1.165) is 17.8 Å². The Bertz CT molecular complexity index is 240. The summed E-state index contributed by atoms with van der Waals surface area (Å²) < 4.78 is 0. The van der Waals surface area contributed by atoms with Gasteiger partial charge >= 0.3 is 0 Å². The molecule has 0 saturated heterocycles. The second-order valence-corrected chi connectivity index (χ2v) is 5.96. The number of hydrogen-bond acceptors (Lipinski definition) is 0. The molecule has 0 heterocycles. The number of hydrogen-bond donors (Lipinski definition) is 0. The van der Waals surface area contributed by atoms with Gasteiger partial charge in [-0.05, 0) is 49.4 Å². The molecule has 2 saturated carbocycles. The maximum Gasteiger partial charge on any atom is -0.0152 e. The molecule has 2 fully saturated rings. The highest BCUT2D eigenvalue weighted by atomic mass is 14.5. The molecule has 0 aliphatic heterocycles. The zero-order valence-electron chi connectivity index (χ0n) is 9.97. The van der Waals surface area contributed by atoms with Crippen LogP contribution in [0.15, 0.2) is 12.2 Å². The average molecular weight is 192 g/mol. The zero-order chi connectivity index (χ0) is 10.3. The molecular formula is C14H24. The summed E-state index contributed by atoms with van der Waals surface area (Å²) in [7, 11) is 0. The Labute approximate surface area is 88.8 Å². The van der Waals surface area contributed by atoms with Gasteiger partial charge in [0.1, 0.15) is 0 Å². The molecule has 0 aromatic rings. The van der Waals surface area contributed by atoms with Gasteiger partial charge in [-0.15, -0.1) is 0 Å². The van der Waals surface area contributed by atoms with Crippen molar-refractivity contribution in [1.29, 1.82) is 0 Å². The molecule has 1 unspecified atom stereocenters. The van der Waals surface area contributed by atoms with Crippen LogP contribution in [0.5, 0.6) is 0 Å². The van der Waals surface area contributed by atoms with E-state index in [1.165, 1.54) is 37.7 Å². The fourth-order valence-electron chi connectivity index (χ4n) is 4.37. The standard InChI is InChI=1S/C14H24/c1-10(2)12-7-8-13-11(3)6-5-9-14(12,13)4/h11-13H,1,5-9H2,2-4H3/t11-,12+,13?,14+/m0/s1. The third kappa shape index (κ3) is 1.34. The van der Waals surface area contributed by atoms with Crippen molar-refractivity contribution in [2.45, 2.75) is 52.9 Å². The van der Waals surface area contributed by atoms with Crippen LogP contribution in [0.1, 0.15) is 52.9 Å². The zero-order valence-corrected chi connectivity index (χ0v) is 9.97. The molecule has 0 radical (unpaired) electrons. The topological polar surface area (TPSA) is 0 Å². The lowest BCUT2D eigenvalue weighted by molar-refractivity contribution is 0.0716. The quantitative estimate of drug-likeness (QED) is 0.540. The molecule has 2 rings (SSSR count). The number of rotatable bonds is 1. The predicted octanol–water partition coefficient (Wildman–Crippen LogP) is 4.42. The van der Waals surface area contributed by atoms with Crippen LogP contribution in [0.2, 0.25) is 0 Å². The monoisotopic (exact) mass is 192 g/mol. The van der Waals surface area contributed by atoms with E-state index < -0.39 is 0 Å². The molecule has 4 atom stereocenters. The molecule has 80 valence electrons. The first kappa shape index (κ1) is 10.3. The fourth-order valence-corrected chi connectivity index (χ4v) is 4.37. The molecule has 14 heavy (non-hydrogen) atoms. The summed E-state index contributed by atoms with van der Waals surface area (Å²) in [6.07, 6.45) is 7.21. The molecular weight excluding hydrogens is 168 g/mol. The van der Waals surface area contributed by atoms with Crippen molar-refractivity contribution in [2.24, 2.45) is 23.2 Å². The van der Waals surface area contributed by atoms with E-state index in [0.29, 0.717) is 5.41 Å². The largest absolute Gasteiger partial charge is 0.0998 e. The van der Waals surface area contributed by atoms with Crippen LogP contribution < -0.4 is 0 Å². The fraction of sp³-hybridized carbons (Fsp3) is 0.857. The average Bonchev–Trinajstić information content (AvgIpc) is 2.43. The van der Waals surface area contributed by atoms with Crippen molar-refractivity contribution in [3.8, 4) is 0 Å². The summed E-state index contributed by atoms with van der Waals surface area (Å²) >= 11 is 0. The summed E-state index contributed by atoms with van der Waals surface area (Å²) in [6, 6.07) is 0. The number of fused-ring (bicyclic) bond motifs is 1.